The van der Waals surface area contributed by atoms with Crippen molar-refractivity contribution >= 4 is 45.2 Å². The number of nitrogens with zero attached hydrogens (tertiary/aromatic N) is 1. The fraction of sp³-hybridized carbons (Fsp3) is 0.438. The standard InChI is InChI=1S/C32H39ClN4O2/c33-24-13-15-30-27(22-24)31(26-11-7-8-12-29(26)37-30)35-18-9-5-3-1-2-4-6-10-19-36-32(38)39-25-14-16-28-23(21-25)17-20-34-28/h13-17,20-22,34H,1-12,18-19H2,(H,35,37)(H,36,38). The van der Waals surface area contributed by atoms with Crippen molar-refractivity contribution in [1.82, 2.24) is 15.3 Å². The Bertz CT molecular complexity index is 1400. The summed E-state index contributed by atoms with van der Waals surface area (Å²) in [5.41, 5.74) is 6.00. The predicted molar refractivity (Wildman–Crippen MR) is 161 cm³/mol. The van der Waals surface area contributed by atoms with Crippen LogP contribution < -0.4 is 15.4 Å². The van der Waals surface area contributed by atoms with E-state index in [-0.39, 0.29) is 6.09 Å². The normalized spacial score (nSPS) is 12.9. The van der Waals surface area contributed by atoms with Gasteiger partial charge in [0.25, 0.3) is 0 Å². The lowest BCUT2D eigenvalue weighted by atomic mass is 9.92. The van der Waals surface area contributed by atoms with Gasteiger partial charge in [0.15, 0.2) is 0 Å². The Morgan fingerprint density at radius 3 is 2.51 bits per heavy atom. The first-order valence-electron chi connectivity index (χ1n) is 14.5. The zero-order chi connectivity index (χ0) is 26.9. The summed E-state index contributed by atoms with van der Waals surface area (Å²) in [5.74, 6) is 0.563. The number of pyridine rings is 1. The van der Waals surface area contributed by atoms with E-state index in [1.165, 1.54) is 68.3 Å². The zero-order valence-electron chi connectivity index (χ0n) is 22.7. The number of halogens is 1. The smallest absolute Gasteiger partial charge is 0.410 e. The fourth-order valence-electron chi connectivity index (χ4n) is 5.55. The Morgan fingerprint density at radius 1 is 0.897 bits per heavy atom. The van der Waals surface area contributed by atoms with Gasteiger partial charge in [-0.1, -0.05) is 50.1 Å². The largest absolute Gasteiger partial charge is 0.412 e. The van der Waals surface area contributed by atoms with Crippen molar-refractivity contribution in [2.45, 2.75) is 77.0 Å². The van der Waals surface area contributed by atoms with Crippen LogP contribution in [0.5, 0.6) is 5.75 Å². The van der Waals surface area contributed by atoms with Gasteiger partial charge in [-0.15, -0.1) is 0 Å². The fourth-order valence-corrected chi connectivity index (χ4v) is 5.72. The number of hydrogen-bond donors (Lipinski definition) is 3. The first kappa shape index (κ1) is 27.3. The molecule has 2 heterocycles. The molecule has 1 aliphatic carbocycles. The van der Waals surface area contributed by atoms with E-state index in [0.717, 1.165) is 59.1 Å². The molecule has 206 valence electrons. The summed E-state index contributed by atoms with van der Waals surface area (Å²) in [6.07, 6.45) is 15.6. The second kappa shape index (κ2) is 13.7. The predicted octanol–water partition coefficient (Wildman–Crippen LogP) is 8.57. The molecule has 0 aliphatic heterocycles. The highest BCUT2D eigenvalue weighted by molar-refractivity contribution is 6.31. The Balaban J connectivity index is 0.922. The summed E-state index contributed by atoms with van der Waals surface area (Å²) >= 11 is 6.32. The molecule has 1 amide bonds. The molecule has 4 aromatic rings. The Kier molecular flexibility index (Phi) is 9.60. The van der Waals surface area contributed by atoms with E-state index in [4.69, 9.17) is 21.3 Å². The number of benzene rings is 2. The first-order chi connectivity index (χ1) is 19.2. The summed E-state index contributed by atoms with van der Waals surface area (Å²) in [6.45, 7) is 1.63. The van der Waals surface area contributed by atoms with Crippen LogP contribution >= 0.6 is 11.6 Å². The van der Waals surface area contributed by atoms with Gasteiger partial charge in [0.1, 0.15) is 5.75 Å². The van der Waals surface area contributed by atoms with Crippen molar-refractivity contribution in [2.75, 3.05) is 18.4 Å². The van der Waals surface area contributed by atoms with Crippen LogP contribution in [0.3, 0.4) is 0 Å². The number of aryl methyl sites for hydroxylation is 1. The molecule has 0 radical (unpaired) electrons. The monoisotopic (exact) mass is 546 g/mol. The molecule has 0 fully saturated rings. The number of hydrogen-bond acceptors (Lipinski definition) is 4. The maximum atomic E-state index is 12.0. The van der Waals surface area contributed by atoms with Gasteiger partial charge in [0.05, 0.1) is 5.52 Å². The summed E-state index contributed by atoms with van der Waals surface area (Å²) < 4.78 is 5.39. The third-order valence-electron chi connectivity index (χ3n) is 7.63. The quantitative estimate of drug-likeness (QED) is 0.147. The number of carbonyl (C=O) groups excluding carboxylic acids is 1. The average molecular weight is 547 g/mol. The van der Waals surface area contributed by atoms with Gasteiger partial charge in [-0.3, -0.25) is 4.98 Å². The van der Waals surface area contributed by atoms with Crippen molar-refractivity contribution in [3.8, 4) is 5.75 Å². The summed E-state index contributed by atoms with van der Waals surface area (Å²) in [5, 5.41) is 9.57. The third-order valence-corrected chi connectivity index (χ3v) is 7.87. The molecule has 0 unspecified atom stereocenters. The van der Waals surface area contributed by atoms with Crippen LogP contribution in [0.15, 0.2) is 48.7 Å². The minimum atomic E-state index is -0.387. The molecule has 5 rings (SSSR count). The molecule has 6 nitrogen and oxygen atoms in total. The number of rotatable bonds is 13. The Hall–Kier alpha value is -3.25. The number of amides is 1. The molecule has 0 bridgehead atoms. The molecule has 1 aliphatic rings. The molecule has 7 heteroatoms. The minimum absolute atomic E-state index is 0.387. The van der Waals surface area contributed by atoms with Crippen LogP contribution in [0.1, 0.15) is 75.5 Å². The van der Waals surface area contributed by atoms with Gasteiger partial charge in [-0.2, -0.15) is 0 Å². The van der Waals surface area contributed by atoms with E-state index in [1.54, 1.807) is 6.07 Å². The number of nitrogens with one attached hydrogen (secondary N) is 3. The van der Waals surface area contributed by atoms with Crippen LogP contribution in [-0.4, -0.2) is 29.2 Å². The van der Waals surface area contributed by atoms with Crippen molar-refractivity contribution in [3.63, 3.8) is 0 Å². The zero-order valence-corrected chi connectivity index (χ0v) is 23.4. The highest BCUT2D eigenvalue weighted by Crippen LogP contribution is 2.34. The number of anilines is 1. The van der Waals surface area contributed by atoms with E-state index in [1.807, 2.05) is 36.5 Å². The topological polar surface area (TPSA) is 79.0 Å². The van der Waals surface area contributed by atoms with Crippen molar-refractivity contribution in [1.29, 1.82) is 0 Å². The molecule has 3 N–H and O–H groups in total. The molecule has 0 saturated heterocycles. The molecule has 2 aromatic heterocycles. The number of fused-ring (bicyclic) bond motifs is 3. The van der Waals surface area contributed by atoms with Gasteiger partial charge in [0, 0.05) is 52.0 Å². The van der Waals surface area contributed by atoms with E-state index in [9.17, 15) is 4.79 Å². The van der Waals surface area contributed by atoms with E-state index in [2.05, 4.69) is 21.7 Å². The summed E-state index contributed by atoms with van der Waals surface area (Å²) in [7, 11) is 0. The second-order valence-corrected chi connectivity index (χ2v) is 11.0. The number of aromatic nitrogens is 2. The second-order valence-electron chi connectivity index (χ2n) is 10.6. The highest BCUT2D eigenvalue weighted by atomic mass is 35.5. The number of aromatic amines is 1. The summed E-state index contributed by atoms with van der Waals surface area (Å²) in [4.78, 5) is 20.1. The van der Waals surface area contributed by atoms with E-state index >= 15 is 0 Å². The van der Waals surface area contributed by atoms with Crippen molar-refractivity contribution < 1.29 is 9.53 Å². The lowest BCUT2D eigenvalue weighted by Crippen LogP contribution is -2.27. The van der Waals surface area contributed by atoms with Crippen LogP contribution in [0.25, 0.3) is 21.8 Å². The number of carbonyl (C=O) groups is 1. The van der Waals surface area contributed by atoms with Gasteiger partial charge in [-0.05, 0) is 86.6 Å². The maximum absolute atomic E-state index is 12.0. The SMILES string of the molecule is O=C(NCCCCCCCCCCNc1c2c(nc3ccc(Cl)cc13)CCCC2)Oc1ccc2[nH]ccc2c1. The lowest BCUT2D eigenvalue weighted by Gasteiger charge is -2.22. The van der Waals surface area contributed by atoms with Gasteiger partial charge in [0.2, 0.25) is 0 Å². The van der Waals surface area contributed by atoms with Crippen LogP contribution in [0.2, 0.25) is 5.02 Å². The molecule has 39 heavy (non-hydrogen) atoms. The molecular weight excluding hydrogens is 508 g/mol. The Morgan fingerprint density at radius 2 is 1.67 bits per heavy atom. The van der Waals surface area contributed by atoms with Crippen LogP contribution in [-0.2, 0) is 12.8 Å². The first-order valence-corrected chi connectivity index (χ1v) is 14.9. The van der Waals surface area contributed by atoms with Gasteiger partial charge >= 0.3 is 6.09 Å². The molecule has 0 atom stereocenters. The minimum Gasteiger partial charge on any atom is -0.410 e. The van der Waals surface area contributed by atoms with Gasteiger partial charge < -0.3 is 20.4 Å². The lowest BCUT2D eigenvalue weighted by molar-refractivity contribution is 0.200. The summed E-state index contributed by atoms with van der Waals surface area (Å²) in [6, 6.07) is 13.6. The molecular formula is C32H39ClN4O2. The molecule has 0 spiro atoms. The number of unbranched alkanes of at least 4 members (excludes halogenated alkanes) is 7. The average Bonchev–Trinajstić information content (AvgIpc) is 3.41. The van der Waals surface area contributed by atoms with Crippen molar-refractivity contribution in [3.05, 3.63) is 64.9 Å². The van der Waals surface area contributed by atoms with E-state index < -0.39 is 0 Å². The Labute approximate surface area is 235 Å². The molecule has 0 saturated carbocycles. The number of ether oxygens (including phenoxy) is 1. The van der Waals surface area contributed by atoms with Crippen LogP contribution in [0.4, 0.5) is 10.5 Å². The van der Waals surface area contributed by atoms with Crippen LogP contribution in [0, 0.1) is 0 Å². The molecule has 2 aromatic carbocycles. The third kappa shape index (κ3) is 7.45. The maximum Gasteiger partial charge on any atom is 0.412 e. The van der Waals surface area contributed by atoms with Crippen molar-refractivity contribution in [2.24, 2.45) is 0 Å². The van der Waals surface area contributed by atoms with Gasteiger partial charge in [-0.25, -0.2) is 4.79 Å². The number of H-pyrrole nitrogens is 1. The highest BCUT2D eigenvalue weighted by Gasteiger charge is 2.18. The van der Waals surface area contributed by atoms with E-state index in [0.29, 0.717) is 12.3 Å².